The summed E-state index contributed by atoms with van der Waals surface area (Å²) in [6, 6.07) is 28.3. The molecule has 3 atom stereocenters. The Labute approximate surface area is 210 Å². The molecule has 2 saturated carbocycles. The highest BCUT2D eigenvalue weighted by atomic mass is 16.5. The molecule has 2 nitrogen and oxygen atoms in total. The van der Waals surface area contributed by atoms with Crippen LogP contribution in [-0.4, -0.2) is 10.7 Å². The fourth-order valence-electron chi connectivity index (χ4n) is 6.97. The van der Waals surface area contributed by atoms with E-state index in [1.807, 2.05) is 6.07 Å². The Balaban J connectivity index is 1.27. The van der Waals surface area contributed by atoms with E-state index >= 15 is 0 Å². The van der Waals surface area contributed by atoms with Crippen LogP contribution in [0.3, 0.4) is 0 Å². The molecule has 0 heterocycles. The van der Waals surface area contributed by atoms with Gasteiger partial charge in [-0.2, -0.15) is 0 Å². The van der Waals surface area contributed by atoms with Crippen LogP contribution in [0.25, 0.3) is 0 Å². The monoisotopic (exact) mass is 466 g/mol. The van der Waals surface area contributed by atoms with E-state index < -0.39 is 5.60 Å². The number of aliphatic hydroxyl groups is 1. The van der Waals surface area contributed by atoms with Crippen LogP contribution in [-0.2, 0) is 24.9 Å². The highest BCUT2D eigenvalue weighted by Crippen LogP contribution is 2.56. The molecular weight excluding hydrogens is 428 g/mol. The van der Waals surface area contributed by atoms with E-state index in [0.717, 1.165) is 56.6 Å². The quantitative estimate of drug-likeness (QED) is 0.374. The van der Waals surface area contributed by atoms with Gasteiger partial charge in [0.15, 0.2) is 0 Å². The third kappa shape index (κ3) is 4.91. The zero-order valence-corrected chi connectivity index (χ0v) is 20.8. The number of benzene rings is 3. The molecule has 3 aromatic rings. The lowest BCUT2D eigenvalue weighted by Gasteiger charge is -2.53. The molecule has 3 aliphatic carbocycles. The zero-order valence-electron chi connectivity index (χ0n) is 20.8. The fraction of sp³-hybridized carbons (Fsp3) is 0.455. The van der Waals surface area contributed by atoms with E-state index in [4.69, 9.17) is 4.74 Å². The Kier molecular flexibility index (Phi) is 6.18. The maximum atomic E-state index is 11.6. The number of rotatable bonds is 8. The number of aryl methyl sites for hydroxylation is 1. The Hall–Kier alpha value is -2.58. The van der Waals surface area contributed by atoms with Gasteiger partial charge in [0.2, 0.25) is 0 Å². The molecule has 35 heavy (non-hydrogen) atoms. The average molecular weight is 467 g/mol. The van der Waals surface area contributed by atoms with Crippen molar-refractivity contribution < 1.29 is 9.84 Å². The van der Waals surface area contributed by atoms with Gasteiger partial charge in [0, 0.05) is 5.41 Å². The molecule has 0 bridgehead atoms. The molecule has 2 heteroatoms. The first-order valence-electron chi connectivity index (χ1n) is 13.7. The van der Waals surface area contributed by atoms with Crippen molar-refractivity contribution in [3.8, 4) is 5.75 Å². The van der Waals surface area contributed by atoms with Crippen LogP contribution in [0.1, 0.15) is 73.6 Å². The van der Waals surface area contributed by atoms with Gasteiger partial charge in [0.25, 0.3) is 0 Å². The summed E-state index contributed by atoms with van der Waals surface area (Å²) >= 11 is 0. The average Bonchev–Trinajstić information content (AvgIpc) is 3.73. The van der Waals surface area contributed by atoms with Gasteiger partial charge in [-0.15, -0.1) is 0 Å². The molecule has 2 fully saturated rings. The van der Waals surface area contributed by atoms with E-state index in [1.165, 1.54) is 41.5 Å². The van der Waals surface area contributed by atoms with Crippen molar-refractivity contribution in [3.05, 3.63) is 101 Å². The van der Waals surface area contributed by atoms with Gasteiger partial charge >= 0.3 is 0 Å². The number of hydrogen-bond donors (Lipinski definition) is 1. The summed E-state index contributed by atoms with van der Waals surface area (Å²) in [4.78, 5) is 0. The molecule has 0 saturated heterocycles. The summed E-state index contributed by atoms with van der Waals surface area (Å²) in [7, 11) is 0. The normalized spacial score (nSPS) is 27.6. The van der Waals surface area contributed by atoms with Gasteiger partial charge in [-0.05, 0) is 97.6 Å². The van der Waals surface area contributed by atoms with E-state index in [2.05, 4.69) is 72.8 Å². The van der Waals surface area contributed by atoms with Gasteiger partial charge in [-0.3, -0.25) is 0 Å². The summed E-state index contributed by atoms with van der Waals surface area (Å²) in [5.74, 6) is 2.39. The molecule has 0 amide bonds. The highest BCUT2D eigenvalue weighted by Gasteiger charge is 2.51. The van der Waals surface area contributed by atoms with Gasteiger partial charge in [-0.25, -0.2) is 0 Å². The minimum absolute atomic E-state index is 0.110. The van der Waals surface area contributed by atoms with Gasteiger partial charge in [0.1, 0.15) is 12.4 Å². The Bertz CT molecular complexity index is 1140. The van der Waals surface area contributed by atoms with Gasteiger partial charge in [-0.1, -0.05) is 79.6 Å². The van der Waals surface area contributed by atoms with Gasteiger partial charge in [0.05, 0.1) is 5.60 Å². The summed E-state index contributed by atoms with van der Waals surface area (Å²) in [5.41, 5.74) is 5.21. The Morgan fingerprint density at radius 3 is 2.31 bits per heavy atom. The van der Waals surface area contributed by atoms with Crippen LogP contribution in [0.5, 0.6) is 5.75 Å². The Morgan fingerprint density at radius 2 is 1.57 bits per heavy atom. The van der Waals surface area contributed by atoms with Crippen molar-refractivity contribution in [2.24, 2.45) is 11.8 Å². The molecule has 1 N–H and O–H groups in total. The van der Waals surface area contributed by atoms with Gasteiger partial charge < -0.3 is 9.84 Å². The molecule has 3 aliphatic rings. The number of hydrogen-bond acceptors (Lipinski definition) is 2. The first kappa shape index (κ1) is 22.9. The number of fused-ring (bicyclic) bond motifs is 3. The third-order valence-corrected chi connectivity index (χ3v) is 9.15. The van der Waals surface area contributed by atoms with E-state index in [-0.39, 0.29) is 5.41 Å². The fourth-order valence-corrected chi connectivity index (χ4v) is 6.97. The maximum absolute atomic E-state index is 11.6. The second kappa shape index (κ2) is 9.47. The Morgan fingerprint density at radius 1 is 0.829 bits per heavy atom. The molecule has 0 spiro atoms. The molecule has 0 aromatic heterocycles. The highest BCUT2D eigenvalue weighted by molar-refractivity contribution is 5.45. The lowest BCUT2D eigenvalue weighted by Crippen LogP contribution is -2.51. The molecular formula is C33H38O2. The maximum Gasteiger partial charge on any atom is 0.120 e. The second-order valence-electron chi connectivity index (χ2n) is 11.6. The van der Waals surface area contributed by atoms with E-state index in [0.29, 0.717) is 12.5 Å². The zero-order chi connectivity index (χ0) is 23.7. The lowest BCUT2D eigenvalue weighted by atomic mass is 9.52. The van der Waals surface area contributed by atoms with Crippen LogP contribution >= 0.6 is 0 Å². The summed E-state index contributed by atoms with van der Waals surface area (Å²) in [6.45, 7) is 0.603. The molecule has 6 rings (SSSR count). The van der Waals surface area contributed by atoms with Crippen molar-refractivity contribution in [2.75, 3.05) is 0 Å². The van der Waals surface area contributed by atoms with Crippen molar-refractivity contribution >= 4 is 0 Å². The minimum atomic E-state index is -0.469. The van der Waals surface area contributed by atoms with Crippen molar-refractivity contribution in [1.82, 2.24) is 0 Å². The molecule has 3 aromatic carbocycles. The third-order valence-electron chi connectivity index (χ3n) is 9.15. The molecule has 182 valence electrons. The van der Waals surface area contributed by atoms with Crippen LogP contribution in [0.15, 0.2) is 78.9 Å². The van der Waals surface area contributed by atoms with Crippen LogP contribution in [0.4, 0.5) is 0 Å². The van der Waals surface area contributed by atoms with Crippen molar-refractivity contribution in [1.29, 1.82) is 0 Å². The van der Waals surface area contributed by atoms with Crippen molar-refractivity contribution in [3.63, 3.8) is 0 Å². The predicted molar refractivity (Wildman–Crippen MR) is 142 cm³/mol. The predicted octanol–water partition coefficient (Wildman–Crippen LogP) is 7.41. The van der Waals surface area contributed by atoms with E-state index in [9.17, 15) is 5.11 Å². The minimum Gasteiger partial charge on any atom is -0.489 e. The molecule has 0 radical (unpaired) electrons. The topological polar surface area (TPSA) is 29.5 Å². The van der Waals surface area contributed by atoms with E-state index in [1.54, 1.807) is 0 Å². The molecule has 0 aliphatic heterocycles. The first-order chi connectivity index (χ1) is 17.1. The summed E-state index contributed by atoms with van der Waals surface area (Å²) in [5, 5.41) is 11.6. The lowest BCUT2D eigenvalue weighted by molar-refractivity contribution is -0.0581. The standard InChI is InChI=1S/C33H38O2/c34-32(18-17-25-11-12-25)19-20-33(22-26-7-3-1-4-8-26)29(23-32)14-13-28-21-30(15-16-31(28)33)35-24-27-9-5-2-6-10-27/h1-10,15-16,21,25,29,34H,11-14,17-20,22-24H2/t29-,32-,33+/m1/s1. The van der Waals surface area contributed by atoms with Crippen molar-refractivity contribution in [2.45, 2.75) is 81.8 Å². The number of ether oxygens (including phenoxy) is 1. The first-order valence-corrected chi connectivity index (χ1v) is 13.7. The molecule has 0 unspecified atom stereocenters. The largest absolute Gasteiger partial charge is 0.489 e. The second-order valence-corrected chi connectivity index (χ2v) is 11.6. The SMILES string of the molecule is O[C@]1(CCC2CC2)CC[C@@]2(Cc3ccccc3)c3ccc(OCc4ccccc4)cc3CC[C@@H]2C1. The van der Waals surface area contributed by atoms with Crippen LogP contribution in [0.2, 0.25) is 0 Å². The summed E-state index contributed by atoms with van der Waals surface area (Å²) in [6.07, 6.45) is 11.2. The van der Waals surface area contributed by atoms with Crippen LogP contribution < -0.4 is 4.74 Å². The summed E-state index contributed by atoms with van der Waals surface area (Å²) < 4.78 is 6.20. The van der Waals surface area contributed by atoms with Crippen LogP contribution in [0, 0.1) is 11.8 Å². The smallest absolute Gasteiger partial charge is 0.120 e.